The molecule has 14 heavy (non-hydrogen) atoms. The van der Waals surface area contributed by atoms with E-state index in [-0.39, 0.29) is 17.3 Å². The summed E-state index contributed by atoms with van der Waals surface area (Å²) in [5.74, 6) is -0.636. The summed E-state index contributed by atoms with van der Waals surface area (Å²) >= 11 is 5.40. The Labute approximate surface area is 82.6 Å². The van der Waals surface area contributed by atoms with Crippen molar-refractivity contribution in [3.05, 3.63) is 17.8 Å². The van der Waals surface area contributed by atoms with Gasteiger partial charge in [-0.25, -0.2) is 4.98 Å². The predicted octanol–water partition coefficient (Wildman–Crippen LogP) is 2.30. The monoisotopic (exact) mass is 226 g/mol. The second kappa shape index (κ2) is 3.91. The number of pyridine rings is 1. The number of halogens is 4. The minimum atomic E-state index is -4.76. The van der Waals surface area contributed by atoms with E-state index in [2.05, 4.69) is 9.72 Å². The van der Waals surface area contributed by atoms with Gasteiger partial charge in [0.1, 0.15) is 0 Å². The molecule has 0 spiro atoms. The minimum Gasteiger partial charge on any atom is -0.397 e. The van der Waals surface area contributed by atoms with E-state index >= 15 is 0 Å². The molecular weight excluding hydrogens is 221 g/mol. The van der Waals surface area contributed by atoms with E-state index in [1.165, 1.54) is 6.07 Å². The molecule has 1 rings (SSSR count). The zero-order valence-electron chi connectivity index (χ0n) is 6.81. The van der Waals surface area contributed by atoms with Crippen LogP contribution in [0.5, 0.6) is 5.88 Å². The second-order valence-corrected chi connectivity index (χ2v) is 2.63. The lowest BCUT2D eigenvalue weighted by molar-refractivity contribution is -0.276. The molecule has 0 amide bonds. The fourth-order valence-corrected chi connectivity index (χ4v) is 0.989. The Morgan fingerprint density at radius 1 is 1.43 bits per heavy atom. The molecule has 1 aromatic heterocycles. The fraction of sp³-hybridized carbons (Fsp3) is 0.286. The molecule has 0 saturated heterocycles. The van der Waals surface area contributed by atoms with Gasteiger partial charge in [0.15, 0.2) is 0 Å². The Morgan fingerprint density at radius 3 is 2.57 bits per heavy atom. The molecule has 0 fully saturated rings. The molecule has 0 saturated carbocycles. The lowest BCUT2D eigenvalue weighted by Gasteiger charge is -2.09. The molecule has 0 aliphatic carbocycles. The number of aromatic nitrogens is 1. The van der Waals surface area contributed by atoms with Crippen molar-refractivity contribution in [1.82, 2.24) is 4.98 Å². The molecule has 0 aliphatic rings. The van der Waals surface area contributed by atoms with Gasteiger partial charge in [0.05, 0.1) is 17.3 Å². The van der Waals surface area contributed by atoms with Crippen molar-refractivity contribution in [3.63, 3.8) is 0 Å². The topological polar surface area (TPSA) is 48.1 Å². The molecule has 3 nitrogen and oxygen atoms in total. The van der Waals surface area contributed by atoms with Crippen LogP contribution in [0.1, 0.15) is 5.69 Å². The van der Waals surface area contributed by atoms with Gasteiger partial charge in [-0.05, 0) is 6.07 Å². The first kappa shape index (κ1) is 10.9. The van der Waals surface area contributed by atoms with Gasteiger partial charge in [-0.2, -0.15) is 0 Å². The van der Waals surface area contributed by atoms with Crippen molar-refractivity contribution in [1.29, 1.82) is 0 Å². The Balaban J connectivity index is 2.90. The highest BCUT2D eigenvalue weighted by molar-refractivity contribution is 6.17. The predicted molar refractivity (Wildman–Crippen MR) is 44.9 cm³/mol. The molecular formula is C7H6ClF3N2O. The SMILES string of the molecule is Nc1ccc(OC(F)(F)F)nc1CCl. The number of nitrogens with zero attached hydrogens (tertiary/aromatic N) is 1. The van der Waals surface area contributed by atoms with Gasteiger partial charge < -0.3 is 10.5 Å². The van der Waals surface area contributed by atoms with Crippen LogP contribution in [0.3, 0.4) is 0 Å². The summed E-state index contributed by atoms with van der Waals surface area (Å²) in [5.41, 5.74) is 5.77. The Morgan fingerprint density at radius 2 is 2.07 bits per heavy atom. The van der Waals surface area contributed by atoms with E-state index in [0.717, 1.165) is 6.07 Å². The molecule has 0 unspecified atom stereocenters. The number of anilines is 1. The van der Waals surface area contributed by atoms with E-state index in [0.29, 0.717) is 0 Å². The minimum absolute atomic E-state index is 0.0686. The van der Waals surface area contributed by atoms with E-state index in [4.69, 9.17) is 17.3 Å². The molecule has 0 radical (unpaired) electrons. The summed E-state index contributed by atoms with van der Waals surface area (Å²) < 4.78 is 38.8. The maximum Gasteiger partial charge on any atom is 0.574 e. The number of nitrogen functional groups attached to an aromatic ring is 1. The smallest absolute Gasteiger partial charge is 0.397 e. The van der Waals surface area contributed by atoms with Crippen LogP contribution in [0.4, 0.5) is 18.9 Å². The highest BCUT2D eigenvalue weighted by Crippen LogP contribution is 2.23. The molecule has 0 bridgehead atoms. The Hall–Kier alpha value is -1.17. The third kappa shape index (κ3) is 2.95. The van der Waals surface area contributed by atoms with Crippen LogP contribution >= 0.6 is 11.6 Å². The van der Waals surface area contributed by atoms with Crippen molar-refractivity contribution >= 4 is 17.3 Å². The Kier molecular flexibility index (Phi) is 3.05. The molecule has 7 heteroatoms. The summed E-state index contributed by atoms with van der Waals surface area (Å²) in [6, 6.07) is 2.28. The molecule has 0 atom stereocenters. The zero-order valence-corrected chi connectivity index (χ0v) is 7.56. The molecule has 0 aromatic carbocycles. The molecule has 2 N–H and O–H groups in total. The first-order chi connectivity index (χ1) is 6.42. The number of hydrogen-bond donors (Lipinski definition) is 1. The van der Waals surface area contributed by atoms with Gasteiger partial charge in [-0.15, -0.1) is 24.8 Å². The molecule has 0 aliphatic heterocycles. The van der Waals surface area contributed by atoms with Crippen LogP contribution in [0, 0.1) is 0 Å². The normalized spacial score (nSPS) is 11.4. The quantitative estimate of drug-likeness (QED) is 0.787. The van der Waals surface area contributed by atoms with E-state index in [9.17, 15) is 13.2 Å². The maximum atomic E-state index is 11.8. The van der Waals surface area contributed by atoms with Crippen molar-refractivity contribution in [3.8, 4) is 5.88 Å². The van der Waals surface area contributed by atoms with Crippen LogP contribution in [-0.2, 0) is 5.88 Å². The zero-order chi connectivity index (χ0) is 10.8. The summed E-state index contributed by atoms with van der Waals surface area (Å²) in [7, 11) is 0. The van der Waals surface area contributed by atoms with Gasteiger partial charge in [-0.3, -0.25) is 0 Å². The summed E-state index contributed by atoms with van der Waals surface area (Å²) in [4.78, 5) is 3.48. The Bertz CT molecular complexity index is 329. The third-order valence-corrected chi connectivity index (χ3v) is 1.58. The third-order valence-electron chi connectivity index (χ3n) is 1.33. The van der Waals surface area contributed by atoms with Crippen molar-refractivity contribution < 1.29 is 17.9 Å². The number of alkyl halides is 4. The number of rotatable bonds is 2. The lowest BCUT2D eigenvalue weighted by atomic mass is 10.3. The number of hydrogen-bond acceptors (Lipinski definition) is 3. The number of nitrogens with two attached hydrogens (primary N) is 1. The van der Waals surface area contributed by atoms with E-state index in [1.807, 2.05) is 0 Å². The molecule has 1 aromatic rings. The average molecular weight is 227 g/mol. The van der Waals surface area contributed by atoms with Gasteiger partial charge in [-0.1, -0.05) is 0 Å². The number of ether oxygens (including phenoxy) is 1. The van der Waals surface area contributed by atoms with Crippen LogP contribution in [0.25, 0.3) is 0 Å². The largest absolute Gasteiger partial charge is 0.574 e. The fourth-order valence-electron chi connectivity index (χ4n) is 0.775. The summed E-state index contributed by atoms with van der Waals surface area (Å²) in [6.07, 6.45) is -4.76. The van der Waals surface area contributed by atoms with Gasteiger partial charge in [0, 0.05) is 6.07 Å². The summed E-state index contributed by atoms with van der Waals surface area (Å²) in [6.45, 7) is 0. The van der Waals surface area contributed by atoms with Gasteiger partial charge in [0.2, 0.25) is 5.88 Å². The van der Waals surface area contributed by atoms with Crippen LogP contribution in [0.2, 0.25) is 0 Å². The van der Waals surface area contributed by atoms with E-state index in [1.54, 1.807) is 0 Å². The maximum absolute atomic E-state index is 11.8. The van der Waals surface area contributed by atoms with Gasteiger partial charge in [0.25, 0.3) is 0 Å². The average Bonchev–Trinajstić information content (AvgIpc) is 2.06. The van der Waals surface area contributed by atoms with E-state index < -0.39 is 12.2 Å². The highest BCUT2D eigenvalue weighted by Gasteiger charge is 2.31. The molecule has 78 valence electrons. The summed E-state index contributed by atoms with van der Waals surface area (Å²) in [5, 5.41) is 0. The standard InChI is InChI=1S/C7H6ClF3N2O/c8-3-5-4(12)1-2-6(13-5)14-7(9,10)11/h1-2H,3,12H2. The van der Waals surface area contributed by atoms with Crippen molar-refractivity contribution in [2.24, 2.45) is 0 Å². The first-order valence-corrected chi connectivity index (χ1v) is 4.03. The van der Waals surface area contributed by atoms with Crippen molar-refractivity contribution in [2.75, 3.05) is 5.73 Å². The highest BCUT2D eigenvalue weighted by atomic mass is 35.5. The van der Waals surface area contributed by atoms with Gasteiger partial charge >= 0.3 is 6.36 Å². The van der Waals surface area contributed by atoms with Crippen LogP contribution < -0.4 is 10.5 Å². The second-order valence-electron chi connectivity index (χ2n) is 2.37. The molecule has 1 heterocycles. The van der Waals surface area contributed by atoms with Crippen LogP contribution in [-0.4, -0.2) is 11.3 Å². The first-order valence-electron chi connectivity index (χ1n) is 3.49. The van der Waals surface area contributed by atoms with Crippen LogP contribution in [0.15, 0.2) is 12.1 Å². The van der Waals surface area contributed by atoms with Crippen molar-refractivity contribution in [2.45, 2.75) is 12.2 Å². The lowest BCUT2D eigenvalue weighted by Crippen LogP contribution is -2.18.